The van der Waals surface area contributed by atoms with E-state index in [1.54, 1.807) is 0 Å². The van der Waals surface area contributed by atoms with E-state index in [9.17, 15) is 0 Å². The number of rotatable bonds is 3. The van der Waals surface area contributed by atoms with Crippen LogP contribution in [-0.4, -0.2) is 16.8 Å². The van der Waals surface area contributed by atoms with Gasteiger partial charge in [-0.05, 0) is 55.8 Å². The predicted molar refractivity (Wildman–Crippen MR) is 51.8 cm³/mol. The third kappa shape index (κ3) is 1.51. The molecule has 2 N–H and O–H groups in total. The van der Waals surface area contributed by atoms with Crippen molar-refractivity contribution in [1.82, 2.24) is 0 Å². The van der Waals surface area contributed by atoms with E-state index in [0.29, 0.717) is 11.8 Å². The van der Waals surface area contributed by atoms with E-state index in [-0.39, 0.29) is 5.92 Å². The fraction of sp³-hybridized carbons (Fsp3) is 1.00. The summed E-state index contributed by atoms with van der Waals surface area (Å²) in [5, 5.41) is 17.5. The van der Waals surface area contributed by atoms with Gasteiger partial charge in [0.25, 0.3) is 0 Å². The van der Waals surface area contributed by atoms with E-state index in [4.69, 9.17) is 10.5 Å². The van der Waals surface area contributed by atoms with Gasteiger partial charge in [0, 0.05) is 5.92 Å². The molecule has 0 aliphatic heterocycles. The maximum absolute atomic E-state index is 8.73. The molecule has 0 heterocycles. The first kappa shape index (κ1) is 10.0. The van der Waals surface area contributed by atoms with Crippen molar-refractivity contribution in [3.63, 3.8) is 0 Å². The maximum atomic E-state index is 8.73. The van der Waals surface area contributed by atoms with E-state index in [1.165, 1.54) is 32.1 Å². The number of hydrogen-bond donors (Lipinski definition) is 2. The normalized spacial score (nSPS) is 47.8. The van der Waals surface area contributed by atoms with Gasteiger partial charge in [-0.2, -0.15) is 0 Å². The van der Waals surface area contributed by atoms with Gasteiger partial charge in [-0.1, -0.05) is 0 Å². The van der Waals surface area contributed by atoms with Crippen LogP contribution in [-0.2, 0) is 9.78 Å². The zero-order valence-corrected chi connectivity index (χ0v) is 8.71. The second kappa shape index (κ2) is 3.70. The summed E-state index contributed by atoms with van der Waals surface area (Å²) >= 11 is 0. The van der Waals surface area contributed by atoms with Crippen molar-refractivity contribution in [2.75, 3.05) is 0 Å². The molecule has 4 aliphatic rings. The first-order valence-corrected chi connectivity index (χ1v) is 5.92. The first-order valence-electron chi connectivity index (χ1n) is 5.92. The van der Waals surface area contributed by atoms with E-state index in [1.807, 2.05) is 0 Å². The summed E-state index contributed by atoms with van der Waals surface area (Å²) in [4.78, 5) is 8.51. The van der Waals surface area contributed by atoms with Crippen LogP contribution in [0.2, 0.25) is 0 Å². The van der Waals surface area contributed by atoms with Gasteiger partial charge >= 0.3 is 0 Å². The Hall–Kier alpha value is -0.160. The summed E-state index contributed by atoms with van der Waals surface area (Å²) in [7, 11) is 0. The third-order valence-corrected chi connectivity index (χ3v) is 4.82. The van der Waals surface area contributed by atoms with Crippen LogP contribution in [0.25, 0.3) is 0 Å². The molecule has 4 bridgehead atoms. The van der Waals surface area contributed by atoms with Crippen molar-refractivity contribution in [3.8, 4) is 0 Å². The minimum Gasteiger partial charge on any atom is -0.249 e. The van der Waals surface area contributed by atoms with E-state index < -0.39 is 6.29 Å². The van der Waals surface area contributed by atoms with Gasteiger partial charge in [0.15, 0.2) is 0 Å². The lowest BCUT2D eigenvalue weighted by Gasteiger charge is -2.54. The van der Waals surface area contributed by atoms with Crippen molar-refractivity contribution in [2.45, 2.75) is 38.4 Å². The highest BCUT2D eigenvalue weighted by Crippen LogP contribution is 2.57. The fourth-order valence-electron chi connectivity index (χ4n) is 4.57. The summed E-state index contributed by atoms with van der Waals surface area (Å²) < 4.78 is 0. The molecule has 86 valence electrons. The Morgan fingerprint density at radius 1 is 0.800 bits per heavy atom. The zero-order valence-electron chi connectivity index (χ0n) is 8.71. The average Bonchev–Trinajstić information content (AvgIpc) is 2.22. The molecule has 4 rings (SSSR count). The Kier molecular flexibility index (Phi) is 2.47. The van der Waals surface area contributed by atoms with Crippen molar-refractivity contribution >= 4 is 0 Å². The van der Waals surface area contributed by atoms with Crippen LogP contribution in [0.5, 0.6) is 0 Å². The van der Waals surface area contributed by atoms with Gasteiger partial charge in [-0.3, -0.25) is 0 Å². The molecule has 4 aliphatic carbocycles. The van der Waals surface area contributed by atoms with Gasteiger partial charge in [0.1, 0.15) is 0 Å². The Morgan fingerprint density at radius 2 is 1.27 bits per heavy atom. The summed E-state index contributed by atoms with van der Waals surface area (Å²) in [5.74, 6) is 3.09. The lowest BCUT2D eigenvalue weighted by molar-refractivity contribution is -0.454. The monoisotopic (exact) mass is 214 g/mol. The molecule has 0 aromatic rings. The van der Waals surface area contributed by atoms with Crippen molar-refractivity contribution in [3.05, 3.63) is 0 Å². The second-order valence-electron chi connectivity index (χ2n) is 5.59. The first-order chi connectivity index (χ1) is 7.31. The minimum atomic E-state index is -0.833. The molecule has 15 heavy (non-hydrogen) atoms. The predicted octanol–water partition coefficient (Wildman–Crippen LogP) is 2.36. The van der Waals surface area contributed by atoms with Crippen LogP contribution in [0.15, 0.2) is 0 Å². The highest BCUT2D eigenvalue weighted by molar-refractivity contribution is 4.98. The summed E-state index contributed by atoms with van der Waals surface area (Å²) in [5.41, 5.74) is 0. The Labute approximate surface area is 89.0 Å². The van der Waals surface area contributed by atoms with Crippen LogP contribution >= 0.6 is 0 Å². The summed E-state index contributed by atoms with van der Waals surface area (Å²) in [6, 6.07) is 0. The van der Waals surface area contributed by atoms with Crippen LogP contribution in [0.4, 0.5) is 0 Å². The summed E-state index contributed by atoms with van der Waals surface area (Å²) in [6.07, 6.45) is 5.45. The Morgan fingerprint density at radius 3 is 1.67 bits per heavy atom. The molecule has 0 spiro atoms. The fourth-order valence-corrected chi connectivity index (χ4v) is 4.57. The molecule has 4 nitrogen and oxygen atoms in total. The highest BCUT2D eigenvalue weighted by atomic mass is 17.2. The minimum absolute atomic E-state index is 0.188. The highest BCUT2D eigenvalue weighted by Gasteiger charge is 2.51. The third-order valence-electron chi connectivity index (χ3n) is 4.82. The van der Waals surface area contributed by atoms with Crippen LogP contribution < -0.4 is 0 Å². The quantitative estimate of drug-likeness (QED) is 0.430. The van der Waals surface area contributed by atoms with Gasteiger partial charge < -0.3 is 0 Å². The van der Waals surface area contributed by atoms with E-state index in [0.717, 1.165) is 11.8 Å². The van der Waals surface area contributed by atoms with Gasteiger partial charge in [0.2, 0.25) is 6.29 Å². The van der Waals surface area contributed by atoms with Crippen LogP contribution in [0.1, 0.15) is 32.1 Å². The largest absolute Gasteiger partial charge is 0.249 e. The van der Waals surface area contributed by atoms with Gasteiger partial charge in [-0.15, -0.1) is 0 Å². The number of hydrogen-bond acceptors (Lipinski definition) is 4. The van der Waals surface area contributed by atoms with Crippen LogP contribution in [0, 0.1) is 29.6 Å². The average molecular weight is 214 g/mol. The molecule has 4 fully saturated rings. The second-order valence-corrected chi connectivity index (χ2v) is 5.59. The van der Waals surface area contributed by atoms with Crippen LogP contribution in [0.3, 0.4) is 0 Å². The standard InChI is InChI=1S/C11H18O4/c12-14-11(15-13)10-8-2-6-1-7(4-8)5-9(10)3-6/h6-13H,1-5H2. The van der Waals surface area contributed by atoms with Gasteiger partial charge in [-0.25, -0.2) is 20.3 Å². The lowest BCUT2D eigenvalue weighted by atomic mass is 9.52. The SMILES string of the molecule is OOC(OO)C1C2CC3CC(C2)CC1C3. The maximum Gasteiger partial charge on any atom is 0.227 e. The Balaban J connectivity index is 1.79. The molecule has 4 saturated carbocycles. The molecule has 0 atom stereocenters. The summed E-state index contributed by atoms with van der Waals surface area (Å²) in [6.45, 7) is 0. The molecule has 0 aromatic heterocycles. The molecule has 0 radical (unpaired) electrons. The molecule has 0 aromatic carbocycles. The molecule has 0 saturated heterocycles. The molecular weight excluding hydrogens is 196 g/mol. The Bertz CT molecular complexity index is 211. The van der Waals surface area contributed by atoms with Crippen molar-refractivity contribution < 1.29 is 20.3 Å². The van der Waals surface area contributed by atoms with E-state index in [2.05, 4.69) is 9.78 Å². The lowest BCUT2D eigenvalue weighted by Crippen LogP contribution is -2.50. The van der Waals surface area contributed by atoms with Crippen molar-refractivity contribution in [1.29, 1.82) is 0 Å². The molecule has 4 heteroatoms. The van der Waals surface area contributed by atoms with Gasteiger partial charge in [0.05, 0.1) is 0 Å². The topological polar surface area (TPSA) is 58.9 Å². The van der Waals surface area contributed by atoms with E-state index >= 15 is 0 Å². The molecule has 0 amide bonds. The smallest absolute Gasteiger partial charge is 0.227 e. The van der Waals surface area contributed by atoms with Crippen molar-refractivity contribution in [2.24, 2.45) is 29.6 Å². The molecular formula is C11H18O4. The zero-order chi connectivity index (χ0) is 10.4. The molecule has 0 unspecified atom stereocenters.